The maximum atomic E-state index is 6.19. The van der Waals surface area contributed by atoms with Crippen molar-refractivity contribution in [2.75, 3.05) is 11.9 Å². The number of pyridine rings is 1. The van der Waals surface area contributed by atoms with Crippen LogP contribution < -0.4 is 5.32 Å². The summed E-state index contributed by atoms with van der Waals surface area (Å²) < 4.78 is 0. The predicted molar refractivity (Wildman–Crippen MR) is 83.6 cm³/mol. The van der Waals surface area contributed by atoms with E-state index in [0.717, 1.165) is 35.3 Å². The molecule has 0 saturated heterocycles. The summed E-state index contributed by atoms with van der Waals surface area (Å²) in [4.78, 5) is 4.58. The Kier molecular flexibility index (Phi) is 6.87. The van der Waals surface area contributed by atoms with Gasteiger partial charge in [0.05, 0.1) is 10.7 Å². The summed E-state index contributed by atoms with van der Waals surface area (Å²) in [5, 5.41) is 4.68. The highest BCUT2D eigenvalue weighted by Gasteiger charge is 2.10. The zero-order chi connectivity index (χ0) is 13.5. The first-order valence-electron chi connectivity index (χ1n) is 6.55. The Hall–Kier alpha value is -0.410. The quantitative estimate of drug-likeness (QED) is 0.777. The molecule has 0 aliphatic rings. The van der Waals surface area contributed by atoms with Crippen molar-refractivity contribution in [1.82, 2.24) is 4.98 Å². The lowest BCUT2D eigenvalue weighted by Crippen LogP contribution is -2.07. The van der Waals surface area contributed by atoms with Gasteiger partial charge in [0, 0.05) is 17.5 Å². The summed E-state index contributed by atoms with van der Waals surface area (Å²) in [7, 11) is 0. The van der Waals surface area contributed by atoms with Crippen molar-refractivity contribution in [3.8, 4) is 0 Å². The second-order valence-corrected chi connectivity index (χ2v) is 6.58. The lowest BCUT2D eigenvalue weighted by atomic mass is 10.2. The van der Waals surface area contributed by atoms with Crippen molar-refractivity contribution >= 4 is 29.2 Å². The molecule has 0 aliphatic heterocycles. The summed E-state index contributed by atoms with van der Waals surface area (Å²) in [6.07, 6.45) is 1.10. The molecular formula is C14H23ClN2S. The Balaban J connectivity index is 2.63. The first-order chi connectivity index (χ1) is 8.54. The molecule has 2 nitrogen and oxygen atoms in total. The molecule has 0 amide bonds. The summed E-state index contributed by atoms with van der Waals surface area (Å²) in [6, 6.07) is 3.88. The van der Waals surface area contributed by atoms with Gasteiger partial charge in [-0.1, -0.05) is 39.3 Å². The van der Waals surface area contributed by atoms with Crippen molar-refractivity contribution in [3.63, 3.8) is 0 Å². The lowest BCUT2D eigenvalue weighted by molar-refractivity contribution is 0.642. The number of hydrogen-bond donors (Lipinski definition) is 1. The summed E-state index contributed by atoms with van der Waals surface area (Å²) in [6.45, 7) is 9.83. The molecule has 0 bridgehead atoms. The van der Waals surface area contributed by atoms with E-state index in [4.69, 9.17) is 11.6 Å². The molecule has 0 aromatic carbocycles. The second-order valence-electron chi connectivity index (χ2n) is 4.81. The van der Waals surface area contributed by atoms with Crippen molar-refractivity contribution in [1.29, 1.82) is 0 Å². The van der Waals surface area contributed by atoms with Crippen LogP contribution >= 0.6 is 23.4 Å². The van der Waals surface area contributed by atoms with Gasteiger partial charge in [0.1, 0.15) is 5.82 Å². The minimum atomic E-state index is 0.620. The molecule has 1 aromatic rings. The Morgan fingerprint density at radius 3 is 2.67 bits per heavy atom. The summed E-state index contributed by atoms with van der Waals surface area (Å²) in [5.74, 6) is 2.48. The Morgan fingerprint density at radius 2 is 2.06 bits per heavy atom. The van der Waals surface area contributed by atoms with Crippen LogP contribution in [0, 0.1) is 5.92 Å². The van der Waals surface area contributed by atoms with E-state index in [9.17, 15) is 0 Å². The van der Waals surface area contributed by atoms with Crippen LogP contribution in [0.25, 0.3) is 0 Å². The molecule has 1 N–H and O–H groups in total. The van der Waals surface area contributed by atoms with Crippen LogP contribution in [0.3, 0.4) is 0 Å². The Morgan fingerprint density at radius 1 is 1.33 bits per heavy atom. The second kappa shape index (κ2) is 7.90. The maximum absolute atomic E-state index is 6.19. The van der Waals surface area contributed by atoms with Gasteiger partial charge in [-0.05, 0) is 24.5 Å². The topological polar surface area (TPSA) is 24.9 Å². The van der Waals surface area contributed by atoms with Crippen LogP contribution in [0.2, 0.25) is 5.02 Å². The monoisotopic (exact) mass is 286 g/mol. The minimum absolute atomic E-state index is 0.620. The highest BCUT2D eigenvalue weighted by Crippen LogP contribution is 2.26. The van der Waals surface area contributed by atoms with Crippen LogP contribution in [-0.2, 0) is 5.75 Å². The molecule has 18 heavy (non-hydrogen) atoms. The predicted octanol–water partition coefficient (Wildman–Crippen LogP) is 4.83. The van der Waals surface area contributed by atoms with Gasteiger partial charge in [-0.15, -0.1) is 0 Å². The van der Waals surface area contributed by atoms with Crippen molar-refractivity contribution < 1.29 is 0 Å². The molecule has 0 aliphatic carbocycles. The number of nitrogens with zero attached hydrogens (tertiary/aromatic N) is 1. The fraction of sp³-hybridized carbons (Fsp3) is 0.643. The molecule has 1 rings (SSSR count). The third-order valence-electron chi connectivity index (χ3n) is 2.90. The first kappa shape index (κ1) is 15.6. The van der Waals surface area contributed by atoms with Crippen molar-refractivity contribution in [2.24, 2.45) is 5.92 Å². The van der Waals surface area contributed by atoms with Crippen LogP contribution in [0.15, 0.2) is 12.1 Å². The van der Waals surface area contributed by atoms with E-state index in [0.29, 0.717) is 11.2 Å². The molecular weight excluding hydrogens is 264 g/mol. The van der Waals surface area contributed by atoms with E-state index >= 15 is 0 Å². The molecule has 1 heterocycles. The average Bonchev–Trinajstić information content (AvgIpc) is 2.35. The first-order valence-corrected chi connectivity index (χ1v) is 7.98. The maximum Gasteiger partial charge on any atom is 0.126 e. The van der Waals surface area contributed by atoms with E-state index in [2.05, 4.69) is 38.0 Å². The Labute approximate surface area is 120 Å². The van der Waals surface area contributed by atoms with E-state index in [1.165, 1.54) is 0 Å². The van der Waals surface area contributed by atoms with Crippen molar-refractivity contribution in [2.45, 2.75) is 45.1 Å². The zero-order valence-corrected chi connectivity index (χ0v) is 13.2. The third kappa shape index (κ3) is 5.07. The SMILES string of the molecule is CCCNc1ccc(Cl)c(CSC(C)C(C)C)n1. The molecule has 1 atom stereocenters. The van der Waals surface area contributed by atoms with Gasteiger partial charge in [0.2, 0.25) is 0 Å². The normalized spacial score (nSPS) is 12.8. The minimum Gasteiger partial charge on any atom is -0.370 e. The van der Waals surface area contributed by atoms with Gasteiger partial charge in [0.15, 0.2) is 0 Å². The number of halogens is 1. The number of anilines is 1. The van der Waals surface area contributed by atoms with Crippen LogP contribution in [-0.4, -0.2) is 16.8 Å². The molecule has 0 spiro atoms. The fourth-order valence-electron chi connectivity index (χ4n) is 1.34. The fourth-order valence-corrected chi connectivity index (χ4v) is 2.62. The van der Waals surface area contributed by atoms with Gasteiger partial charge >= 0.3 is 0 Å². The Bertz CT molecular complexity index is 369. The number of rotatable bonds is 7. The van der Waals surface area contributed by atoms with Crippen molar-refractivity contribution in [3.05, 3.63) is 22.8 Å². The standard InChI is InChI=1S/C14H23ClN2S/c1-5-8-16-14-7-6-12(15)13(17-14)9-18-11(4)10(2)3/h6-7,10-11H,5,8-9H2,1-4H3,(H,16,17). The number of thioether (sulfide) groups is 1. The summed E-state index contributed by atoms with van der Waals surface area (Å²) >= 11 is 8.10. The number of aromatic nitrogens is 1. The highest BCUT2D eigenvalue weighted by molar-refractivity contribution is 7.99. The highest BCUT2D eigenvalue weighted by atomic mass is 35.5. The van der Waals surface area contributed by atoms with Crippen LogP contribution in [0.5, 0.6) is 0 Å². The third-order valence-corrected chi connectivity index (χ3v) is 4.75. The van der Waals surface area contributed by atoms with Gasteiger partial charge in [-0.25, -0.2) is 4.98 Å². The molecule has 0 saturated carbocycles. The number of hydrogen-bond acceptors (Lipinski definition) is 3. The largest absolute Gasteiger partial charge is 0.370 e. The molecule has 0 radical (unpaired) electrons. The number of nitrogens with one attached hydrogen (secondary N) is 1. The molecule has 1 unspecified atom stereocenters. The van der Waals surface area contributed by atoms with Gasteiger partial charge in [-0.3, -0.25) is 0 Å². The lowest BCUT2D eigenvalue weighted by Gasteiger charge is -2.15. The van der Waals surface area contributed by atoms with Gasteiger partial charge < -0.3 is 5.32 Å². The van der Waals surface area contributed by atoms with E-state index in [1.807, 2.05) is 23.9 Å². The average molecular weight is 287 g/mol. The molecule has 1 aromatic heterocycles. The van der Waals surface area contributed by atoms with Gasteiger partial charge in [0.25, 0.3) is 0 Å². The molecule has 0 fully saturated rings. The molecule has 4 heteroatoms. The van der Waals surface area contributed by atoms with Crippen LogP contribution in [0.4, 0.5) is 5.82 Å². The van der Waals surface area contributed by atoms with E-state index in [-0.39, 0.29) is 0 Å². The smallest absolute Gasteiger partial charge is 0.126 e. The van der Waals surface area contributed by atoms with Crippen LogP contribution in [0.1, 0.15) is 39.8 Å². The zero-order valence-electron chi connectivity index (χ0n) is 11.7. The molecule has 102 valence electrons. The van der Waals surface area contributed by atoms with E-state index < -0.39 is 0 Å². The van der Waals surface area contributed by atoms with Gasteiger partial charge in [-0.2, -0.15) is 11.8 Å². The summed E-state index contributed by atoms with van der Waals surface area (Å²) in [5.41, 5.74) is 0.982. The van der Waals surface area contributed by atoms with E-state index in [1.54, 1.807) is 0 Å².